The zero-order valence-electron chi connectivity index (χ0n) is 17.5. The van der Waals surface area contributed by atoms with Crippen LogP contribution in [0, 0.1) is 0 Å². The van der Waals surface area contributed by atoms with E-state index in [9.17, 15) is 31.4 Å². The van der Waals surface area contributed by atoms with Crippen molar-refractivity contribution in [2.45, 2.75) is 44.3 Å². The van der Waals surface area contributed by atoms with Crippen molar-refractivity contribution in [1.82, 2.24) is 10.2 Å². The van der Waals surface area contributed by atoms with Gasteiger partial charge in [0, 0.05) is 19.1 Å². The summed E-state index contributed by atoms with van der Waals surface area (Å²) in [4.78, 5) is 11.3. The van der Waals surface area contributed by atoms with Crippen LogP contribution >= 0.6 is 0 Å². The molecule has 1 aliphatic heterocycles. The maximum atomic E-state index is 12.8. The second-order valence-corrected chi connectivity index (χ2v) is 7.60. The van der Waals surface area contributed by atoms with Crippen LogP contribution < -0.4 is 5.32 Å². The van der Waals surface area contributed by atoms with E-state index in [4.69, 9.17) is 9.90 Å². The second-order valence-electron chi connectivity index (χ2n) is 7.60. The number of likely N-dealkylation sites (tertiary alicyclic amines) is 1. The van der Waals surface area contributed by atoms with E-state index < -0.39 is 23.9 Å². The maximum Gasteiger partial charge on any atom is 0.490 e. The average Bonchev–Trinajstić information content (AvgIpc) is 2.74. The third-order valence-electron chi connectivity index (χ3n) is 5.02. The van der Waals surface area contributed by atoms with Gasteiger partial charge in [-0.1, -0.05) is 30.3 Å². The number of halogens is 6. The van der Waals surface area contributed by atoms with Gasteiger partial charge in [-0.15, -0.1) is 0 Å². The molecule has 0 atom stereocenters. The molecule has 3 N–H and O–H groups in total. The van der Waals surface area contributed by atoms with E-state index in [1.54, 1.807) is 18.2 Å². The Labute approximate surface area is 186 Å². The highest BCUT2D eigenvalue weighted by molar-refractivity contribution is 5.73. The number of carboxylic acids is 1. The van der Waals surface area contributed by atoms with Crippen molar-refractivity contribution in [3.05, 3.63) is 65.2 Å². The van der Waals surface area contributed by atoms with Crippen LogP contribution in [0.25, 0.3) is 0 Å². The van der Waals surface area contributed by atoms with E-state index in [2.05, 4.69) is 10.2 Å². The van der Waals surface area contributed by atoms with Crippen molar-refractivity contribution in [3.63, 3.8) is 0 Å². The minimum Gasteiger partial charge on any atom is -0.508 e. The van der Waals surface area contributed by atoms with E-state index in [1.807, 2.05) is 12.1 Å². The van der Waals surface area contributed by atoms with Crippen LogP contribution in [0.4, 0.5) is 26.3 Å². The van der Waals surface area contributed by atoms with Crippen molar-refractivity contribution in [3.8, 4) is 5.75 Å². The highest BCUT2D eigenvalue weighted by Crippen LogP contribution is 2.29. The quantitative estimate of drug-likeness (QED) is 0.539. The maximum absolute atomic E-state index is 12.8. The lowest BCUT2D eigenvalue weighted by Gasteiger charge is -2.32. The molecule has 0 aromatic heterocycles. The van der Waals surface area contributed by atoms with Gasteiger partial charge in [0.25, 0.3) is 0 Å². The van der Waals surface area contributed by atoms with Crippen LogP contribution in [0.5, 0.6) is 5.75 Å². The number of hydrogen-bond donors (Lipinski definition) is 3. The Kier molecular flexibility index (Phi) is 9.12. The second kappa shape index (κ2) is 11.4. The SMILES string of the molecule is O=C(O)C(F)(F)F.Oc1ccc(CN2CCC(NCc3cccc(C(F)(F)F)c3)CC2)cc1. The number of carboxylic acid groups (broad SMARTS) is 1. The predicted molar refractivity (Wildman–Crippen MR) is 108 cm³/mol. The van der Waals surface area contributed by atoms with E-state index in [-0.39, 0.29) is 5.75 Å². The summed E-state index contributed by atoms with van der Waals surface area (Å²) < 4.78 is 70.0. The number of benzene rings is 2. The molecule has 2 aromatic carbocycles. The van der Waals surface area contributed by atoms with E-state index >= 15 is 0 Å². The number of carbonyl (C=O) groups is 1. The fourth-order valence-corrected chi connectivity index (χ4v) is 3.27. The number of hydrogen-bond acceptors (Lipinski definition) is 4. The van der Waals surface area contributed by atoms with E-state index in [0.717, 1.165) is 44.1 Å². The first-order chi connectivity index (χ1) is 15.3. The molecule has 182 valence electrons. The molecule has 1 heterocycles. The largest absolute Gasteiger partial charge is 0.508 e. The summed E-state index contributed by atoms with van der Waals surface area (Å²) in [5.74, 6) is -2.49. The molecule has 3 rings (SSSR count). The number of nitrogens with one attached hydrogen (secondary N) is 1. The topological polar surface area (TPSA) is 72.8 Å². The summed E-state index contributed by atoms with van der Waals surface area (Å²) in [5, 5.41) is 19.8. The lowest BCUT2D eigenvalue weighted by atomic mass is 10.0. The van der Waals surface area contributed by atoms with Crippen molar-refractivity contribution in [2.24, 2.45) is 0 Å². The number of phenolic OH excluding ortho intramolecular Hbond substituents is 1. The number of alkyl halides is 6. The fraction of sp³-hybridized carbons (Fsp3) is 0.409. The summed E-state index contributed by atoms with van der Waals surface area (Å²) >= 11 is 0. The van der Waals surface area contributed by atoms with Crippen LogP contribution in [0.3, 0.4) is 0 Å². The Bertz CT molecular complexity index is 892. The van der Waals surface area contributed by atoms with E-state index in [0.29, 0.717) is 18.2 Å². The Morgan fingerprint density at radius 1 is 0.970 bits per heavy atom. The highest BCUT2D eigenvalue weighted by atomic mass is 19.4. The zero-order valence-corrected chi connectivity index (χ0v) is 17.5. The Hall–Kier alpha value is -2.79. The molecule has 33 heavy (non-hydrogen) atoms. The summed E-state index contributed by atoms with van der Waals surface area (Å²) in [5.41, 5.74) is 1.23. The third kappa shape index (κ3) is 9.30. The fourth-order valence-electron chi connectivity index (χ4n) is 3.27. The molecule has 0 unspecified atom stereocenters. The Balaban J connectivity index is 0.000000479. The molecule has 0 radical (unpaired) electrons. The van der Waals surface area contributed by atoms with Gasteiger partial charge in [-0.05, 0) is 55.3 Å². The smallest absolute Gasteiger partial charge is 0.490 e. The number of aliphatic carboxylic acids is 1. The minimum atomic E-state index is -5.08. The van der Waals surface area contributed by atoms with Crippen molar-refractivity contribution >= 4 is 5.97 Å². The van der Waals surface area contributed by atoms with Crippen molar-refractivity contribution in [1.29, 1.82) is 0 Å². The van der Waals surface area contributed by atoms with Crippen LogP contribution in [-0.2, 0) is 24.1 Å². The van der Waals surface area contributed by atoms with Gasteiger partial charge in [0.15, 0.2) is 0 Å². The van der Waals surface area contributed by atoms with Gasteiger partial charge < -0.3 is 15.5 Å². The summed E-state index contributed by atoms with van der Waals surface area (Å²) in [6.45, 7) is 3.19. The Morgan fingerprint density at radius 3 is 2.06 bits per heavy atom. The molecule has 0 bridgehead atoms. The van der Waals surface area contributed by atoms with Gasteiger partial charge in [0.1, 0.15) is 5.75 Å². The van der Waals surface area contributed by atoms with Crippen molar-refractivity contribution < 1.29 is 41.4 Å². The third-order valence-corrected chi connectivity index (χ3v) is 5.02. The van der Waals surface area contributed by atoms with Crippen LogP contribution in [-0.4, -0.2) is 46.4 Å². The minimum absolute atomic E-state index is 0.270. The first-order valence-electron chi connectivity index (χ1n) is 10.0. The number of aromatic hydroxyl groups is 1. The molecular formula is C22H24F6N2O3. The molecule has 5 nitrogen and oxygen atoms in total. The Morgan fingerprint density at radius 2 is 1.55 bits per heavy atom. The van der Waals surface area contributed by atoms with Crippen LogP contribution in [0.15, 0.2) is 48.5 Å². The summed E-state index contributed by atoms with van der Waals surface area (Å²) in [6.07, 6.45) is -7.44. The molecule has 1 aliphatic rings. The van der Waals surface area contributed by atoms with E-state index in [1.165, 1.54) is 12.1 Å². The number of nitrogens with zero attached hydrogens (tertiary/aromatic N) is 1. The van der Waals surface area contributed by atoms with Crippen LogP contribution in [0.1, 0.15) is 29.5 Å². The molecule has 1 fully saturated rings. The average molecular weight is 478 g/mol. The lowest BCUT2D eigenvalue weighted by molar-refractivity contribution is -0.192. The van der Waals surface area contributed by atoms with Gasteiger partial charge in [-0.2, -0.15) is 26.3 Å². The molecule has 2 aromatic rings. The summed E-state index contributed by atoms with van der Waals surface area (Å²) in [6, 6.07) is 13.1. The lowest BCUT2D eigenvalue weighted by Crippen LogP contribution is -2.41. The van der Waals surface area contributed by atoms with Crippen molar-refractivity contribution in [2.75, 3.05) is 13.1 Å². The number of piperidine rings is 1. The monoisotopic (exact) mass is 478 g/mol. The number of rotatable bonds is 5. The molecule has 0 spiro atoms. The molecular weight excluding hydrogens is 454 g/mol. The van der Waals surface area contributed by atoms with Crippen LogP contribution in [0.2, 0.25) is 0 Å². The number of phenols is 1. The normalized spacial score (nSPS) is 15.6. The molecule has 1 saturated heterocycles. The molecule has 0 saturated carbocycles. The van der Waals surface area contributed by atoms with Gasteiger partial charge >= 0.3 is 18.3 Å². The summed E-state index contributed by atoms with van der Waals surface area (Å²) in [7, 11) is 0. The first kappa shape index (κ1) is 26.5. The highest BCUT2D eigenvalue weighted by Gasteiger charge is 2.38. The first-order valence-corrected chi connectivity index (χ1v) is 10.0. The molecule has 0 amide bonds. The van der Waals surface area contributed by atoms with Gasteiger partial charge in [-0.25, -0.2) is 4.79 Å². The van der Waals surface area contributed by atoms with Gasteiger partial charge in [0.05, 0.1) is 5.56 Å². The van der Waals surface area contributed by atoms with Gasteiger partial charge in [0.2, 0.25) is 0 Å². The zero-order chi connectivity index (χ0) is 24.6. The standard InChI is InChI=1S/C20H23F3N2O.C2HF3O2/c21-20(22,23)17-3-1-2-16(12-17)13-24-18-8-10-25(11-9-18)14-15-4-6-19(26)7-5-15;3-2(4,5)1(6)7/h1-7,12,18,24,26H,8-11,13-14H2;(H,6,7). The van der Waals surface area contributed by atoms with Gasteiger partial charge in [-0.3, -0.25) is 4.90 Å². The molecule has 0 aliphatic carbocycles. The molecule has 11 heteroatoms. The predicted octanol–water partition coefficient (Wildman–Crippen LogP) is 4.80.